The summed E-state index contributed by atoms with van der Waals surface area (Å²) in [6.45, 7) is 0.281. The van der Waals surface area contributed by atoms with Crippen molar-refractivity contribution in [1.29, 1.82) is 0 Å². The first kappa shape index (κ1) is 19.7. The zero-order valence-electron chi connectivity index (χ0n) is 16.0. The summed E-state index contributed by atoms with van der Waals surface area (Å²) in [5.74, 6) is 0.147. The van der Waals surface area contributed by atoms with E-state index in [-0.39, 0.29) is 18.4 Å². The van der Waals surface area contributed by atoms with Crippen LogP contribution in [0.5, 0.6) is 5.75 Å². The van der Waals surface area contributed by atoms with E-state index in [9.17, 15) is 9.59 Å². The van der Waals surface area contributed by atoms with Gasteiger partial charge in [-0.2, -0.15) is 0 Å². The molecule has 30 heavy (non-hydrogen) atoms. The molecule has 4 rings (SSSR count). The third-order valence-corrected chi connectivity index (χ3v) is 5.05. The van der Waals surface area contributed by atoms with Gasteiger partial charge in [-0.1, -0.05) is 60.1 Å². The van der Waals surface area contributed by atoms with E-state index < -0.39 is 0 Å². The molecule has 0 radical (unpaired) electrons. The smallest absolute Gasteiger partial charge is 0.265 e. The predicted octanol–water partition coefficient (Wildman–Crippen LogP) is 4.92. The van der Waals surface area contributed by atoms with Crippen LogP contribution < -0.4 is 15.0 Å². The maximum atomic E-state index is 12.5. The molecule has 6 heteroatoms. The molecule has 0 unspecified atom stereocenters. The molecule has 1 aliphatic rings. The fraction of sp³-hybridized carbons (Fsp3) is 0.0833. The number of carbonyl (C=O) groups is 2. The average Bonchev–Trinajstić information content (AvgIpc) is 2.76. The summed E-state index contributed by atoms with van der Waals surface area (Å²) in [7, 11) is 0. The van der Waals surface area contributed by atoms with Gasteiger partial charge in [0.25, 0.3) is 5.91 Å². The van der Waals surface area contributed by atoms with Crippen LogP contribution in [0.4, 0.5) is 11.4 Å². The van der Waals surface area contributed by atoms with Crippen molar-refractivity contribution in [3.63, 3.8) is 0 Å². The van der Waals surface area contributed by atoms with Crippen LogP contribution in [0.1, 0.15) is 11.1 Å². The number of amides is 2. The molecule has 1 heterocycles. The number of hydrogen-bond donors (Lipinski definition) is 1. The fourth-order valence-electron chi connectivity index (χ4n) is 3.17. The van der Waals surface area contributed by atoms with E-state index in [1.54, 1.807) is 35.2 Å². The van der Waals surface area contributed by atoms with Gasteiger partial charge in [-0.3, -0.25) is 9.59 Å². The maximum Gasteiger partial charge on any atom is 0.265 e. The first-order chi connectivity index (χ1) is 14.6. The lowest BCUT2D eigenvalue weighted by molar-refractivity contribution is -0.121. The van der Waals surface area contributed by atoms with Crippen LogP contribution in [0.15, 0.2) is 78.9 Å². The van der Waals surface area contributed by atoms with Crippen molar-refractivity contribution < 1.29 is 14.3 Å². The van der Waals surface area contributed by atoms with E-state index in [4.69, 9.17) is 16.3 Å². The average molecular weight is 419 g/mol. The van der Waals surface area contributed by atoms with Crippen molar-refractivity contribution in [1.82, 2.24) is 0 Å². The Bertz CT molecular complexity index is 1110. The number of rotatable bonds is 5. The minimum Gasteiger partial charge on any atom is -0.482 e. The minimum absolute atomic E-state index is 0.0387. The van der Waals surface area contributed by atoms with Crippen LogP contribution in [-0.4, -0.2) is 18.4 Å². The Morgan fingerprint density at radius 2 is 1.83 bits per heavy atom. The van der Waals surface area contributed by atoms with Gasteiger partial charge in [0, 0.05) is 16.8 Å². The SMILES string of the molecule is O=C(/C=C/c1ccccc1)Nc1ccc2c(c1)N(Cc1ccccc1Cl)C(=O)CO2. The second kappa shape index (κ2) is 8.84. The highest BCUT2D eigenvalue weighted by atomic mass is 35.5. The number of halogens is 1. The number of hydrogen-bond acceptors (Lipinski definition) is 3. The number of benzene rings is 3. The van der Waals surface area contributed by atoms with Gasteiger partial charge in [0.1, 0.15) is 5.75 Å². The van der Waals surface area contributed by atoms with Gasteiger partial charge in [0.05, 0.1) is 12.2 Å². The van der Waals surface area contributed by atoms with Crippen molar-refractivity contribution in [2.45, 2.75) is 6.54 Å². The molecule has 2 amide bonds. The molecule has 0 aliphatic carbocycles. The Morgan fingerprint density at radius 3 is 2.63 bits per heavy atom. The minimum atomic E-state index is -0.264. The Hall–Kier alpha value is -3.57. The van der Waals surface area contributed by atoms with Crippen molar-refractivity contribution >= 4 is 40.9 Å². The van der Waals surface area contributed by atoms with E-state index >= 15 is 0 Å². The summed E-state index contributed by atoms with van der Waals surface area (Å²) in [6.07, 6.45) is 3.21. The van der Waals surface area contributed by atoms with Crippen LogP contribution in [0.25, 0.3) is 6.08 Å². The highest BCUT2D eigenvalue weighted by Crippen LogP contribution is 2.36. The van der Waals surface area contributed by atoms with Crippen LogP contribution >= 0.6 is 11.6 Å². The summed E-state index contributed by atoms with van der Waals surface area (Å²) in [5.41, 5.74) is 2.93. The summed E-state index contributed by atoms with van der Waals surface area (Å²) in [6, 6.07) is 22.2. The summed E-state index contributed by atoms with van der Waals surface area (Å²) >= 11 is 6.27. The second-order valence-electron chi connectivity index (χ2n) is 6.78. The lowest BCUT2D eigenvalue weighted by Crippen LogP contribution is -2.38. The monoisotopic (exact) mass is 418 g/mol. The first-order valence-corrected chi connectivity index (χ1v) is 9.83. The number of fused-ring (bicyclic) bond motifs is 1. The van der Waals surface area contributed by atoms with E-state index in [0.717, 1.165) is 11.1 Å². The highest BCUT2D eigenvalue weighted by Gasteiger charge is 2.26. The normalized spacial score (nSPS) is 13.1. The molecule has 0 spiro atoms. The van der Waals surface area contributed by atoms with Gasteiger partial charge in [0.15, 0.2) is 6.61 Å². The molecular formula is C24H19ClN2O3. The summed E-state index contributed by atoms with van der Waals surface area (Å²) < 4.78 is 5.55. The molecule has 0 saturated carbocycles. The van der Waals surface area contributed by atoms with Crippen LogP contribution in [0, 0.1) is 0 Å². The summed E-state index contributed by atoms with van der Waals surface area (Å²) in [5, 5.41) is 3.42. The number of nitrogens with one attached hydrogen (secondary N) is 1. The number of anilines is 2. The molecule has 0 fully saturated rings. The number of carbonyl (C=O) groups excluding carboxylic acids is 2. The van der Waals surface area contributed by atoms with Gasteiger partial charge in [0.2, 0.25) is 5.91 Å². The molecule has 3 aromatic rings. The molecule has 1 aliphatic heterocycles. The molecule has 0 atom stereocenters. The van der Waals surface area contributed by atoms with Crippen molar-refractivity contribution in [3.05, 3.63) is 95.0 Å². The van der Waals surface area contributed by atoms with Gasteiger partial charge in [-0.15, -0.1) is 0 Å². The molecule has 5 nitrogen and oxygen atoms in total. The Balaban J connectivity index is 1.54. The quantitative estimate of drug-likeness (QED) is 0.598. The number of nitrogens with zero attached hydrogens (tertiary/aromatic N) is 1. The van der Waals surface area contributed by atoms with Crippen molar-refractivity contribution in [2.24, 2.45) is 0 Å². The molecule has 1 N–H and O–H groups in total. The fourth-order valence-corrected chi connectivity index (χ4v) is 3.37. The predicted molar refractivity (Wildman–Crippen MR) is 119 cm³/mol. The Kier molecular flexibility index (Phi) is 5.82. The van der Waals surface area contributed by atoms with Crippen LogP contribution in [0.3, 0.4) is 0 Å². The lowest BCUT2D eigenvalue weighted by Gasteiger charge is -2.30. The standard InChI is InChI=1S/C24H19ClN2O3/c25-20-9-5-4-8-18(20)15-27-21-14-19(11-12-22(21)30-16-24(27)29)26-23(28)13-10-17-6-2-1-3-7-17/h1-14H,15-16H2,(H,26,28)/b13-10+. The van der Waals surface area contributed by atoms with E-state index in [2.05, 4.69) is 5.32 Å². The Labute approximate surface area is 179 Å². The molecule has 150 valence electrons. The van der Waals surface area contributed by atoms with Gasteiger partial charge in [-0.25, -0.2) is 0 Å². The lowest BCUT2D eigenvalue weighted by atomic mass is 10.1. The van der Waals surface area contributed by atoms with Crippen LogP contribution in [-0.2, 0) is 16.1 Å². The van der Waals surface area contributed by atoms with Crippen molar-refractivity contribution in [3.8, 4) is 5.75 Å². The van der Waals surface area contributed by atoms with Gasteiger partial charge < -0.3 is 15.0 Å². The number of ether oxygens (including phenoxy) is 1. The largest absolute Gasteiger partial charge is 0.482 e. The zero-order chi connectivity index (χ0) is 20.9. The third kappa shape index (κ3) is 4.53. The highest BCUT2D eigenvalue weighted by molar-refractivity contribution is 6.31. The van der Waals surface area contributed by atoms with E-state index in [1.807, 2.05) is 48.5 Å². The molecular weight excluding hydrogens is 400 g/mol. The van der Waals surface area contributed by atoms with Gasteiger partial charge in [-0.05, 0) is 41.5 Å². The van der Waals surface area contributed by atoms with Gasteiger partial charge >= 0.3 is 0 Å². The third-order valence-electron chi connectivity index (χ3n) is 4.68. The van der Waals surface area contributed by atoms with Crippen LogP contribution in [0.2, 0.25) is 5.02 Å². The second-order valence-corrected chi connectivity index (χ2v) is 7.18. The first-order valence-electron chi connectivity index (χ1n) is 9.45. The summed E-state index contributed by atoms with van der Waals surface area (Å²) in [4.78, 5) is 26.5. The van der Waals surface area contributed by atoms with Crippen molar-refractivity contribution in [2.75, 3.05) is 16.8 Å². The maximum absolute atomic E-state index is 12.5. The molecule has 0 aromatic heterocycles. The topological polar surface area (TPSA) is 58.6 Å². The van der Waals surface area contributed by atoms with E-state index in [0.29, 0.717) is 28.7 Å². The van der Waals surface area contributed by atoms with E-state index in [1.165, 1.54) is 6.08 Å². The zero-order valence-corrected chi connectivity index (χ0v) is 16.8. The molecule has 0 bridgehead atoms. The Morgan fingerprint density at radius 1 is 1.07 bits per heavy atom. The molecule has 3 aromatic carbocycles. The molecule has 0 saturated heterocycles.